The lowest BCUT2D eigenvalue weighted by Gasteiger charge is -2.10. The second-order valence-electron chi connectivity index (χ2n) is 2.73. The normalized spacial score (nSPS) is 10.6. The lowest BCUT2D eigenvalue weighted by molar-refractivity contribution is -0.390. The van der Waals surface area contributed by atoms with Crippen molar-refractivity contribution in [3.63, 3.8) is 0 Å². The molecule has 0 fully saturated rings. The van der Waals surface area contributed by atoms with Gasteiger partial charge < -0.3 is 14.9 Å². The topological polar surface area (TPSA) is 65.3 Å². The highest BCUT2D eigenvalue weighted by atomic mass is 79.9. The monoisotopic (exact) mass is 296 g/mol. The number of pyridine rings is 1. The van der Waals surface area contributed by atoms with E-state index in [1.165, 1.54) is 7.11 Å². The predicted molar refractivity (Wildman–Crippen MR) is 55.0 cm³/mol. The fourth-order valence-corrected chi connectivity index (χ4v) is 1.78. The van der Waals surface area contributed by atoms with Gasteiger partial charge in [-0.1, -0.05) is 15.9 Å². The Morgan fingerprint density at radius 3 is 2.69 bits per heavy atom. The number of alkyl halides is 3. The zero-order valence-electron chi connectivity index (χ0n) is 8.11. The van der Waals surface area contributed by atoms with Crippen molar-refractivity contribution in [2.75, 3.05) is 7.11 Å². The maximum Gasteiger partial charge on any atom is 0.368 e. The van der Waals surface area contributed by atoms with Crippen molar-refractivity contribution in [3.8, 4) is 5.75 Å². The van der Waals surface area contributed by atoms with Crippen LogP contribution in [0.3, 0.4) is 0 Å². The van der Waals surface area contributed by atoms with Crippen LogP contribution in [0.2, 0.25) is 0 Å². The van der Waals surface area contributed by atoms with Gasteiger partial charge in [0.25, 0.3) is 6.43 Å². The maximum absolute atomic E-state index is 12.8. The van der Waals surface area contributed by atoms with Crippen LogP contribution >= 0.6 is 15.9 Å². The molecule has 0 aliphatic rings. The highest BCUT2D eigenvalue weighted by Gasteiger charge is 2.28. The van der Waals surface area contributed by atoms with Crippen molar-refractivity contribution in [2.24, 2.45) is 0 Å². The van der Waals surface area contributed by atoms with Crippen molar-refractivity contribution in [2.45, 2.75) is 11.8 Å². The molecule has 0 amide bonds. The summed E-state index contributed by atoms with van der Waals surface area (Å²) in [5.41, 5.74) is -0.666. The van der Waals surface area contributed by atoms with Gasteiger partial charge in [0.05, 0.1) is 18.2 Å². The van der Waals surface area contributed by atoms with Crippen LogP contribution in [0.5, 0.6) is 5.75 Å². The standard InChI is InChI=1S/C8H7BrF2N2O3/c1-16-5-3-12-8(13(14)15)4(2-9)6(5)7(10)11/h3,7H,2H2,1H3. The molecule has 1 aromatic heterocycles. The average Bonchev–Trinajstić information content (AvgIpc) is 2.26. The van der Waals surface area contributed by atoms with Gasteiger partial charge in [-0.25, -0.2) is 8.78 Å². The quantitative estimate of drug-likeness (QED) is 0.487. The van der Waals surface area contributed by atoms with E-state index in [0.29, 0.717) is 0 Å². The molecule has 0 radical (unpaired) electrons. The fourth-order valence-electron chi connectivity index (χ4n) is 1.23. The Hall–Kier alpha value is -1.31. The molecular weight excluding hydrogens is 290 g/mol. The first-order chi connectivity index (χ1) is 7.52. The summed E-state index contributed by atoms with van der Waals surface area (Å²) in [7, 11) is 1.20. The molecule has 0 atom stereocenters. The molecule has 1 rings (SSSR count). The molecule has 0 N–H and O–H groups in total. The van der Waals surface area contributed by atoms with E-state index < -0.39 is 22.7 Å². The number of ether oxygens (including phenoxy) is 1. The van der Waals surface area contributed by atoms with Gasteiger partial charge in [-0.05, 0) is 9.91 Å². The van der Waals surface area contributed by atoms with Crippen LogP contribution in [0, 0.1) is 10.1 Å². The van der Waals surface area contributed by atoms with E-state index in [1.54, 1.807) is 0 Å². The number of nitrogens with zero attached hydrogens (tertiary/aromatic N) is 2. The Morgan fingerprint density at radius 2 is 2.31 bits per heavy atom. The molecule has 0 aliphatic heterocycles. The number of nitro groups is 1. The van der Waals surface area contributed by atoms with Crippen LogP contribution in [-0.2, 0) is 5.33 Å². The second-order valence-corrected chi connectivity index (χ2v) is 3.29. The van der Waals surface area contributed by atoms with E-state index in [9.17, 15) is 18.9 Å². The Kier molecular flexibility index (Phi) is 4.11. The molecular formula is C8H7BrF2N2O3. The van der Waals surface area contributed by atoms with E-state index >= 15 is 0 Å². The lowest BCUT2D eigenvalue weighted by Crippen LogP contribution is -2.04. The van der Waals surface area contributed by atoms with Crippen molar-refractivity contribution < 1.29 is 18.4 Å². The third-order valence-corrected chi connectivity index (χ3v) is 2.47. The molecule has 0 aliphatic carbocycles. The van der Waals surface area contributed by atoms with Gasteiger partial charge in [0, 0.05) is 5.33 Å². The number of methoxy groups -OCH3 is 1. The largest absolute Gasteiger partial charge is 0.492 e. The van der Waals surface area contributed by atoms with E-state index in [1.807, 2.05) is 0 Å². The molecule has 0 unspecified atom stereocenters. The third-order valence-electron chi connectivity index (χ3n) is 1.91. The summed E-state index contributed by atoms with van der Waals surface area (Å²) >= 11 is 2.93. The Morgan fingerprint density at radius 1 is 1.69 bits per heavy atom. The summed E-state index contributed by atoms with van der Waals surface area (Å²) in [5.74, 6) is -0.747. The number of rotatable bonds is 4. The Balaban J connectivity index is 3.49. The summed E-state index contributed by atoms with van der Waals surface area (Å²) in [5, 5.41) is 10.5. The van der Waals surface area contributed by atoms with Gasteiger partial charge >= 0.3 is 5.82 Å². The summed E-state index contributed by atoms with van der Waals surface area (Å²) in [4.78, 5) is 13.3. The number of hydrogen-bond donors (Lipinski definition) is 0. The highest BCUT2D eigenvalue weighted by molar-refractivity contribution is 9.08. The molecule has 0 saturated heterocycles. The smallest absolute Gasteiger partial charge is 0.368 e. The van der Waals surface area contributed by atoms with E-state index in [0.717, 1.165) is 6.20 Å². The van der Waals surface area contributed by atoms with Gasteiger partial charge in [-0.2, -0.15) is 0 Å². The number of halogens is 3. The maximum atomic E-state index is 12.8. The van der Waals surface area contributed by atoms with Crippen LogP contribution in [0.1, 0.15) is 17.6 Å². The number of hydrogen-bond acceptors (Lipinski definition) is 4. The van der Waals surface area contributed by atoms with Crippen molar-refractivity contribution >= 4 is 21.7 Å². The van der Waals surface area contributed by atoms with E-state index in [-0.39, 0.29) is 16.6 Å². The first-order valence-electron chi connectivity index (χ1n) is 4.07. The first kappa shape index (κ1) is 12.8. The van der Waals surface area contributed by atoms with Gasteiger partial charge in [-0.3, -0.25) is 0 Å². The molecule has 0 bridgehead atoms. The molecule has 5 nitrogen and oxygen atoms in total. The van der Waals surface area contributed by atoms with Gasteiger partial charge in [0.1, 0.15) is 0 Å². The van der Waals surface area contributed by atoms with Crippen LogP contribution in [-0.4, -0.2) is 17.0 Å². The minimum atomic E-state index is -2.86. The Labute approximate surface area is 97.7 Å². The summed E-state index contributed by atoms with van der Waals surface area (Å²) < 4.78 is 30.2. The zero-order valence-corrected chi connectivity index (χ0v) is 9.70. The molecule has 0 spiro atoms. The molecule has 8 heteroatoms. The zero-order chi connectivity index (χ0) is 12.3. The highest BCUT2D eigenvalue weighted by Crippen LogP contribution is 2.36. The predicted octanol–water partition coefficient (Wildman–Crippen LogP) is 2.83. The molecule has 0 saturated carbocycles. The fraction of sp³-hybridized carbons (Fsp3) is 0.375. The van der Waals surface area contributed by atoms with Crippen molar-refractivity contribution in [3.05, 3.63) is 27.4 Å². The second kappa shape index (κ2) is 5.15. The molecule has 16 heavy (non-hydrogen) atoms. The van der Waals surface area contributed by atoms with Gasteiger partial charge in [0.2, 0.25) is 0 Å². The SMILES string of the molecule is COc1cnc([N+](=O)[O-])c(CBr)c1C(F)F. The minimum Gasteiger partial charge on any atom is -0.492 e. The molecule has 1 heterocycles. The molecule has 88 valence electrons. The Bertz CT molecular complexity index is 415. The number of aromatic nitrogens is 1. The van der Waals surface area contributed by atoms with Crippen LogP contribution in [0.15, 0.2) is 6.20 Å². The molecule has 0 aromatic carbocycles. The van der Waals surface area contributed by atoms with Crippen LogP contribution < -0.4 is 4.74 Å². The summed E-state index contributed by atoms with van der Waals surface area (Å²) in [6.45, 7) is 0. The summed E-state index contributed by atoms with van der Waals surface area (Å²) in [6.07, 6.45) is -1.93. The third kappa shape index (κ3) is 2.26. The van der Waals surface area contributed by atoms with Crippen LogP contribution in [0.25, 0.3) is 0 Å². The minimum absolute atomic E-state index is 0.0901. The molecule has 1 aromatic rings. The van der Waals surface area contributed by atoms with Crippen molar-refractivity contribution in [1.82, 2.24) is 4.98 Å². The first-order valence-corrected chi connectivity index (χ1v) is 5.19. The van der Waals surface area contributed by atoms with Crippen molar-refractivity contribution in [1.29, 1.82) is 0 Å². The van der Waals surface area contributed by atoms with E-state index in [4.69, 9.17) is 4.74 Å². The van der Waals surface area contributed by atoms with Gasteiger partial charge in [0.15, 0.2) is 11.9 Å². The van der Waals surface area contributed by atoms with Crippen LogP contribution in [0.4, 0.5) is 14.6 Å². The summed E-state index contributed by atoms with van der Waals surface area (Å²) in [6, 6.07) is 0. The average molecular weight is 297 g/mol. The van der Waals surface area contributed by atoms with Gasteiger partial charge in [-0.15, -0.1) is 0 Å². The lowest BCUT2D eigenvalue weighted by atomic mass is 10.1. The van der Waals surface area contributed by atoms with E-state index in [2.05, 4.69) is 20.9 Å².